The summed E-state index contributed by atoms with van der Waals surface area (Å²) >= 11 is 2.34. The number of aromatic amines is 1. The zero-order chi connectivity index (χ0) is 13.4. The molecule has 0 fully saturated rings. The van der Waals surface area contributed by atoms with Crippen LogP contribution in [0.2, 0.25) is 0 Å². The van der Waals surface area contributed by atoms with Crippen LogP contribution >= 0.6 is 23.1 Å². The van der Waals surface area contributed by atoms with Gasteiger partial charge in [0.15, 0.2) is 9.50 Å². The maximum atomic E-state index is 10.6. The van der Waals surface area contributed by atoms with Crippen LogP contribution in [0.3, 0.4) is 0 Å². The lowest BCUT2D eigenvalue weighted by Crippen LogP contribution is -1.80. The number of H-pyrrole nitrogens is 1. The Morgan fingerprint density at radius 1 is 1.47 bits per heavy atom. The molecule has 0 saturated carbocycles. The monoisotopic (exact) mass is 292 g/mol. The van der Waals surface area contributed by atoms with Crippen molar-refractivity contribution in [3.63, 3.8) is 0 Å². The minimum Gasteiger partial charge on any atom is -0.333 e. The Morgan fingerprint density at radius 2 is 2.32 bits per heavy atom. The van der Waals surface area contributed by atoms with Crippen molar-refractivity contribution >= 4 is 39.1 Å². The molecule has 0 atom stereocenters. The standard InChI is InChI=1S/C11H8N4O2S2/c1-6-2-3-7-8(4-6)14-10(13-7)19-11-12-5-9(18-11)15(16)17/h2-5H,1H3,(H,13,14). The SMILES string of the molecule is Cc1ccc2[nH]c(Sc3ncc([N+](=O)[O-])s3)nc2c1. The summed E-state index contributed by atoms with van der Waals surface area (Å²) in [7, 11) is 0. The summed E-state index contributed by atoms with van der Waals surface area (Å²) in [5.41, 5.74) is 2.97. The lowest BCUT2D eigenvalue weighted by molar-refractivity contribution is -0.380. The van der Waals surface area contributed by atoms with Crippen molar-refractivity contribution in [1.82, 2.24) is 15.0 Å². The van der Waals surface area contributed by atoms with E-state index < -0.39 is 4.92 Å². The van der Waals surface area contributed by atoms with E-state index in [-0.39, 0.29) is 5.00 Å². The van der Waals surface area contributed by atoms with Gasteiger partial charge >= 0.3 is 5.00 Å². The quantitative estimate of drug-likeness (QED) is 0.591. The second-order valence-electron chi connectivity index (χ2n) is 3.89. The number of aromatic nitrogens is 3. The van der Waals surface area contributed by atoms with Gasteiger partial charge in [-0.2, -0.15) is 0 Å². The molecule has 96 valence electrons. The van der Waals surface area contributed by atoms with Crippen LogP contribution in [0.25, 0.3) is 11.0 Å². The first-order valence-electron chi connectivity index (χ1n) is 5.36. The summed E-state index contributed by atoms with van der Waals surface area (Å²) in [4.78, 5) is 21.7. The van der Waals surface area contributed by atoms with Gasteiger partial charge < -0.3 is 4.98 Å². The van der Waals surface area contributed by atoms with Gasteiger partial charge in [-0.3, -0.25) is 10.1 Å². The number of aryl methyl sites for hydroxylation is 1. The predicted octanol–water partition coefficient (Wildman–Crippen LogP) is 3.39. The van der Waals surface area contributed by atoms with Crippen LogP contribution in [0.4, 0.5) is 5.00 Å². The average Bonchev–Trinajstić information content (AvgIpc) is 2.95. The molecule has 0 unspecified atom stereocenters. The van der Waals surface area contributed by atoms with Crippen molar-refractivity contribution in [2.24, 2.45) is 0 Å². The van der Waals surface area contributed by atoms with E-state index in [2.05, 4.69) is 15.0 Å². The molecule has 0 radical (unpaired) electrons. The van der Waals surface area contributed by atoms with Gasteiger partial charge in [-0.1, -0.05) is 6.07 Å². The van der Waals surface area contributed by atoms with Crippen molar-refractivity contribution in [2.45, 2.75) is 16.4 Å². The lowest BCUT2D eigenvalue weighted by atomic mass is 10.2. The van der Waals surface area contributed by atoms with E-state index in [1.165, 1.54) is 18.0 Å². The Hall–Kier alpha value is -1.93. The molecule has 2 heterocycles. The number of nitrogens with zero attached hydrogens (tertiary/aromatic N) is 3. The molecule has 19 heavy (non-hydrogen) atoms. The highest BCUT2D eigenvalue weighted by Gasteiger charge is 2.14. The minimum absolute atomic E-state index is 0.0365. The average molecular weight is 292 g/mol. The number of nitro groups is 1. The summed E-state index contributed by atoms with van der Waals surface area (Å²) in [5.74, 6) is 0. The number of hydrogen-bond acceptors (Lipinski definition) is 6. The van der Waals surface area contributed by atoms with Crippen LogP contribution in [0.5, 0.6) is 0 Å². The maximum Gasteiger partial charge on any atom is 0.344 e. The van der Waals surface area contributed by atoms with Gasteiger partial charge in [-0.25, -0.2) is 9.97 Å². The second kappa shape index (κ2) is 4.63. The molecule has 0 spiro atoms. The van der Waals surface area contributed by atoms with E-state index >= 15 is 0 Å². The van der Waals surface area contributed by atoms with E-state index in [4.69, 9.17) is 0 Å². The van der Waals surface area contributed by atoms with Crippen LogP contribution in [-0.2, 0) is 0 Å². The fraction of sp³-hybridized carbons (Fsp3) is 0.0909. The molecule has 0 aliphatic heterocycles. The topological polar surface area (TPSA) is 84.7 Å². The molecule has 3 aromatic rings. The summed E-state index contributed by atoms with van der Waals surface area (Å²) in [6, 6.07) is 5.95. The van der Waals surface area contributed by atoms with Gasteiger partial charge in [-0.05, 0) is 47.7 Å². The molecule has 1 N–H and O–H groups in total. The van der Waals surface area contributed by atoms with E-state index in [1.807, 2.05) is 25.1 Å². The van der Waals surface area contributed by atoms with Crippen LogP contribution in [0.1, 0.15) is 5.56 Å². The number of nitrogens with one attached hydrogen (secondary N) is 1. The first-order valence-corrected chi connectivity index (χ1v) is 6.99. The summed E-state index contributed by atoms with van der Waals surface area (Å²) in [6.07, 6.45) is 1.26. The summed E-state index contributed by atoms with van der Waals surface area (Å²) in [6.45, 7) is 2.01. The van der Waals surface area contributed by atoms with Gasteiger partial charge in [0.1, 0.15) is 6.20 Å². The van der Waals surface area contributed by atoms with E-state index in [0.717, 1.165) is 27.9 Å². The zero-order valence-corrected chi connectivity index (χ0v) is 11.4. The molecule has 8 heteroatoms. The molecule has 0 saturated heterocycles. The molecule has 0 aliphatic rings. The number of imidazole rings is 1. The van der Waals surface area contributed by atoms with Crippen molar-refractivity contribution < 1.29 is 4.92 Å². The van der Waals surface area contributed by atoms with Crippen molar-refractivity contribution in [3.05, 3.63) is 40.1 Å². The molecule has 0 bridgehead atoms. The van der Waals surface area contributed by atoms with Gasteiger partial charge in [-0.15, -0.1) is 0 Å². The van der Waals surface area contributed by atoms with E-state index in [1.54, 1.807) is 0 Å². The second-order valence-corrected chi connectivity index (χ2v) is 6.13. The summed E-state index contributed by atoms with van der Waals surface area (Å²) in [5, 5.41) is 11.3. The van der Waals surface area contributed by atoms with Crippen molar-refractivity contribution in [1.29, 1.82) is 0 Å². The number of benzene rings is 1. The molecule has 2 aromatic heterocycles. The normalized spacial score (nSPS) is 11.0. The number of rotatable bonds is 3. The van der Waals surface area contributed by atoms with Gasteiger partial charge in [0.05, 0.1) is 16.0 Å². The molecule has 3 rings (SSSR count). The number of hydrogen-bond donors (Lipinski definition) is 1. The molecule has 0 amide bonds. The summed E-state index contributed by atoms with van der Waals surface area (Å²) < 4.78 is 0.600. The van der Waals surface area contributed by atoms with Gasteiger partial charge in [0, 0.05) is 0 Å². The molecular weight excluding hydrogens is 284 g/mol. The third kappa shape index (κ3) is 2.45. The Bertz CT molecular complexity index is 765. The van der Waals surface area contributed by atoms with Gasteiger partial charge in [0.25, 0.3) is 0 Å². The maximum absolute atomic E-state index is 10.6. The number of fused-ring (bicyclic) bond motifs is 1. The molecule has 6 nitrogen and oxygen atoms in total. The highest BCUT2D eigenvalue weighted by atomic mass is 32.2. The van der Waals surface area contributed by atoms with Gasteiger partial charge in [0.2, 0.25) is 0 Å². The van der Waals surface area contributed by atoms with Crippen LogP contribution < -0.4 is 0 Å². The molecular formula is C11H8N4O2S2. The van der Waals surface area contributed by atoms with Crippen LogP contribution in [0, 0.1) is 17.0 Å². The fourth-order valence-corrected chi connectivity index (χ4v) is 3.30. The third-order valence-corrected chi connectivity index (χ3v) is 4.36. The van der Waals surface area contributed by atoms with E-state index in [0.29, 0.717) is 9.50 Å². The Kier molecular flexibility index (Phi) is 2.96. The van der Waals surface area contributed by atoms with Crippen molar-refractivity contribution in [3.8, 4) is 0 Å². The Morgan fingerprint density at radius 3 is 3.05 bits per heavy atom. The lowest BCUT2D eigenvalue weighted by Gasteiger charge is -1.89. The van der Waals surface area contributed by atoms with Crippen LogP contribution in [0.15, 0.2) is 33.9 Å². The predicted molar refractivity (Wildman–Crippen MR) is 73.7 cm³/mol. The third-order valence-electron chi connectivity index (χ3n) is 2.45. The zero-order valence-electron chi connectivity index (χ0n) is 9.78. The number of thiazole rings is 1. The highest BCUT2D eigenvalue weighted by Crippen LogP contribution is 2.33. The Balaban J connectivity index is 1.89. The minimum atomic E-state index is -0.441. The highest BCUT2D eigenvalue weighted by molar-refractivity contribution is 8.00. The molecule has 0 aliphatic carbocycles. The van der Waals surface area contributed by atoms with Crippen LogP contribution in [-0.4, -0.2) is 19.9 Å². The van der Waals surface area contributed by atoms with Crippen molar-refractivity contribution in [2.75, 3.05) is 0 Å². The first kappa shape index (κ1) is 12.1. The van der Waals surface area contributed by atoms with E-state index in [9.17, 15) is 10.1 Å². The smallest absolute Gasteiger partial charge is 0.333 e. The first-order chi connectivity index (χ1) is 9.11. The Labute approximate surface area is 116 Å². The molecule has 1 aromatic carbocycles. The fourth-order valence-electron chi connectivity index (χ4n) is 1.61. The largest absolute Gasteiger partial charge is 0.344 e.